The minimum atomic E-state index is -0.479. The molecule has 0 saturated heterocycles. The van der Waals surface area contributed by atoms with E-state index >= 15 is 0 Å². The van der Waals surface area contributed by atoms with Crippen LogP contribution in [0.5, 0.6) is 0 Å². The van der Waals surface area contributed by atoms with E-state index in [4.69, 9.17) is 4.74 Å². The minimum absolute atomic E-state index is 0.310. The topological polar surface area (TPSA) is 46.5 Å². The molecule has 0 saturated carbocycles. The van der Waals surface area contributed by atoms with Crippen molar-refractivity contribution in [1.29, 1.82) is 0 Å². The SMILES string of the molecule is CCOC(=O)c1ccc([C@H](O)CC(C)C)s1. The molecule has 1 aromatic heterocycles. The molecule has 0 aliphatic heterocycles. The van der Waals surface area contributed by atoms with Crippen LogP contribution in [0.4, 0.5) is 0 Å². The third kappa shape index (κ3) is 3.61. The van der Waals surface area contributed by atoms with Gasteiger partial charge in [-0.1, -0.05) is 13.8 Å². The lowest BCUT2D eigenvalue weighted by atomic mass is 10.1. The highest BCUT2D eigenvalue weighted by Crippen LogP contribution is 2.28. The quantitative estimate of drug-likeness (QED) is 0.807. The molecule has 90 valence electrons. The molecule has 1 atom stereocenters. The Bertz CT molecular complexity index is 344. The summed E-state index contributed by atoms with van der Waals surface area (Å²) < 4.78 is 4.89. The Morgan fingerprint density at radius 3 is 2.75 bits per heavy atom. The molecule has 0 unspecified atom stereocenters. The van der Waals surface area contributed by atoms with Gasteiger partial charge in [0.05, 0.1) is 12.7 Å². The number of hydrogen-bond donors (Lipinski definition) is 1. The summed E-state index contributed by atoms with van der Waals surface area (Å²) in [6.07, 6.45) is 0.233. The van der Waals surface area contributed by atoms with E-state index in [9.17, 15) is 9.90 Å². The van der Waals surface area contributed by atoms with Crippen molar-refractivity contribution in [2.75, 3.05) is 6.61 Å². The molecule has 0 radical (unpaired) electrons. The molecule has 0 spiro atoms. The molecule has 0 amide bonds. The number of rotatable bonds is 5. The second-order valence-corrected chi connectivity index (χ2v) is 5.18. The van der Waals surface area contributed by atoms with Crippen LogP contribution in [0, 0.1) is 5.92 Å². The van der Waals surface area contributed by atoms with E-state index in [-0.39, 0.29) is 5.97 Å². The third-order valence-corrected chi connectivity index (χ3v) is 3.29. The summed E-state index contributed by atoms with van der Waals surface area (Å²) in [5.74, 6) is 0.124. The summed E-state index contributed by atoms with van der Waals surface area (Å²) >= 11 is 1.31. The summed E-state index contributed by atoms with van der Waals surface area (Å²) in [6.45, 7) is 6.27. The van der Waals surface area contributed by atoms with Gasteiger partial charge >= 0.3 is 5.97 Å². The van der Waals surface area contributed by atoms with Crippen molar-refractivity contribution in [3.05, 3.63) is 21.9 Å². The molecule has 1 aromatic rings. The maximum Gasteiger partial charge on any atom is 0.348 e. The fraction of sp³-hybridized carbons (Fsp3) is 0.583. The van der Waals surface area contributed by atoms with Gasteiger partial charge in [-0.2, -0.15) is 0 Å². The first kappa shape index (κ1) is 13.2. The molecule has 3 nitrogen and oxygen atoms in total. The van der Waals surface area contributed by atoms with Crippen molar-refractivity contribution < 1.29 is 14.6 Å². The van der Waals surface area contributed by atoms with Crippen LogP contribution in [-0.2, 0) is 4.74 Å². The number of ether oxygens (including phenoxy) is 1. The van der Waals surface area contributed by atoms with E-state index < -0.39 is 6.10 Å². The lowest BCUT2D eigenvalue weighted by Crippen LogP contribution is -2.02. The van der Waals surface area contributed by atoms with E-state index in [1.165, 1.54) is 11.3 Å². The van der Waals surface area contributed by atoms with Crippen molar-refractivity contribution in [2.24, 2.45) is 5.92 Å². The number of thiophene rings is 1. The first-order valence-electron chi connectivity index (χ1n) is 5.49. The van der Waals surface area contributed by atoms with Crippen LogP contribution in [0.1, 0.15) is 47.8 Å². The van der Waals surface area contributed by atoms with Crippen molar-refractivity contribution >= 4 is 17.3 Å². The van der Waals surface area contributed by atoms with Crippen LogP contribution >= 0.6 is 11.3 Å². The molecule has 16 heavy (non-hydrogen) atoms. The van der Waals surface area contributed by atoms with Gasteiger partial charge in [0, 0.05) is 4.88 Å². The summed E-state index contributed by atoms with van der Waals surface area (Å²) in [6, 6.07) is 3.51. The highest BCUT2D eigenvalue weighted by Gasteiger charge is 2.15. The van der Waals surface area contributed by atoms with Crippen LogP contribution in [0.2, 0.25) is 0 Å². The molecule has 0 bridgehead atoms. The maximum atomic E-state index is 11.4. The van der Waals surface area contributed by atoms with Crippen LogP contribution in [0.3, 0.4) is 0 Å². The number of carbonyl (C=O) groups is 1. The largest absolute Gasteiger partial charge is 0.462 e. The highest BCUT2D eigenvalue weighted by atomic mass is 32.1. The average molecular weight is 242 g/mol. The zero-order valence-electron chi connectivity index (χ0n) is 9.90. The lowest BCUT2D eigenvalue weighted by molar-refractivity contribution is 0.0532. The van der Waals surface area contributed by atoms with E-state index in [0.717, 1.165) is 4.88 Å². The molecule has 4 heteroatoms. The second-order valence-electron chi connectivity index (χ2n) is 4.07. The minimum Gasteiger partial charge on any atom is -0.462 e. The van der Waals surface area contributed by atoms with Gasteiger partial charge in [0.15, 0.2) is 0 Å². The second kappa shape index (κ2) is 6.01. The Hall–Kier alpha value is -0.870. The standard InChI is InChI=1S/C12H18O3S/c1-4-15-12(14)11-6-5-10(16-11)9(13)7-8(2)3/h5-6,8-9,13H,4,7H2,1-3H3/t9-/m1/s1. The van der Waals surface area contributed by atoms with Gasteiger partial charge in [-0.15, -0.1) is 11.3 Å². The van der Waals surface area contributed by atoms with Gasteiger partial charge in [-0.25, -0.2) is 4.79 Å². The fourth-order valence-corrected chi connectivity index (χ4v) is 2.31. The number of hydrogen-bond acceptors (Lipinski definition) is 4. The summed E-state index contributed by atoms with van der Waals surface area (Å²) in [5, 5.41) is 9.87. The van der Waals surface area contributed by atoms with E-state index in [1.54, 1.807) is 19.1 Å². The summed E-state index contributed by atoms with van der Waals surface area (Å²) in [5.41, 5.74) is 0. The first-order valence-corrected chi connectivity index (χ1v) is 6.31. The number of aliphatic hydroxyl groups is 1. The number of esters is 1. The van der Waals surface area contributed by atoms with Gasteiger partial charge < -0.3 is 9.84 Å². The van der Waals surface area contributed by atoms with Crippen LogP contribution in [0.15, 0.2) is 12.1 Å². The van der Waals surface area contributed by atoms with Crippen molar-refractivity contribution in [1.82, 2.24) is 0 Å². The summed E-state index contributed by atoms with van der Waals surface area (Å²) in [7, 11) is 0. The van der Waals surface area contributed by atoms with E-state index in [2.05, 4.69) is 13.8 Å². The van der Waals surface area contributed by atoms with Crippen molar-refractivity contribution in [2.45, 2.75) is 33.3 Å². The Balaban J connectivity index is 2.67. The molecule has 0 aromatic carbocycles. The Kier molecular flexibility index (Phi) is 4.96. The smallest absolute Gasteiger partial charge is 0.348 e. The van der Waals surface area contributed by atoms with E-state index in [0.29, 0.717) is 23.8 Å². The highest BCUT2D eigenvalue weighted by molar-refractivity contribution is 7.14. The zero-order chi connectivity index (χ0) is 12.1. The molecule has 0 fully saturated rings. The predicted molar refractivity (Wildman–Crippen MR) is 64.7 cm³/mol. The van der Waals surface area contributed by atoms with Gasteiger partial charge in [0.25, 0.3) is 0 Å². The Morgan fingerprint density at radius 2 is 2.19 bits per heavy atom. The average Bonchev–Trinajstić information content (AvgIpc) is 2.65. The molecular formula is C12H18O3S. The lowest BCUT2D eigenvalue weighted by Gasteiger charge is -2.10. The van der Waals surface area contributed by atoms with Crippen LogP contribution in [0.25, 0.3) is 0 Å². The van der Waals surface area contributed by atoms with Crippen molar-refractivity contribution in [3.63, 3.8) is 0 Å². The monoisotopic (exact) mass is 242 g/mol. The molecule has 0 aliphatic rings. The van der Waals surface area contributed by atoms with Gasteiger partial charge in [-0.05, 0) is 31.4 Å². The number of carbonyl (C=O) groups excluding carboxylic acids is 1. The normalized spacial score (nSPS) is 12.8. The maximum absolute atomic E-state index is 11.4. The molecular weight excluding hydrogens is 224 g/mol. The van der Waals surface area contributed by atoms with Gasteiger partial charge in [0.1, 0.15) is 4.88 Å². The molecule has 1 heterocycles. The van der Waals surface area contributed by atoms with E-state index in [1.807, 2.05) is 0 Å². The first-order chi connectivity index (χ1) is 7.54. The molecule has 1 N–H and O–H groups in total. The predicted octanol–water partition coefficient (Wildman–Crippen LogP) is 3.00. The molecule has 0 aliphatic carbocycles. The Labute approximate surface area is 100 Å². The fourth-order valence-electron chi connectivity index (χ4n) is 1.41. The van der Waals surface area contributed by atoms with Crippen LogP contribution in [-0.4, -0.2) is 17.7 Å². The van der Waals surface area contributed by atoms with Gasteiger partial charge in [0.2, 0.25) is 0 Å². The molecule has 1 rings (SSSR count). The zero-order valence-corrected chi connectivity index (χ0v) is 10.7. The third-order valence-electron chi connectivity index (χ3n) is 2.13. The van der Waals surface area contributed by atoms with Crippen molar-refractivity contribution in [3.8, 4) is 0 Å². The Morgan fingerprint density at radius 1 is 1.50 bits per heavy atom. The van der Waals surface area contributed by atoms with Crippen LogP contribution < -0.4 is 0 Å². The summed E-state index contributed by atoms with van der Waals surface area (Å²) in [4.78, 5) is 12.8. The number of aliphatic hydroxyl groups excluding tert-OH is 1. The van der Waals surface area contributed by atoms with Gasteiger partial charge in [-0.3, -0.25) is 0 Å².